The lowest BCUT2D eigenvalue weighted by Crippen LogP contribution is -2.50. The van der Waals surface area contributed by atoms with Crippen molar-refractivity contribution in [2.75, 3.05) is 19.7 Å². The summed E-state index contributed by atoms with van der Waals surface area (Å²) in [7, 11) is 0. The van der Waals surface area contributed by atoms with Crippen LogP contribution in [0, 0.1) is 5.92 Å². The van der Waals surface area contributed by atoms with Crippen LogP contribution in [0.3, 0.4) is 0 Å². The molecule has 3 atom stereocenters. The predicted octanol–water partition coefficient (Wildman–Crippen LogP) is 2.67. The van der Waals surface area contributed by atoms with Crippen LogP contribution < -0.4 is 10.6 Å². The molecule has 1 aromatic heterocycles. The van der Waals surface area contributed by atoms with Crippen LogP contribution in [0.25, 0.3) is 0 Å². The monoisotopic (exact) mass is 377 g/mol. The molecule has 150 valence electrons. The number of hydrogen-bond acceptors (Lipinski definition) is 5. The molecule has 2 aliphatic rings. The number of furan rings is 1. The number of urea groups is 1. The number of ether oxygens (including phenoxy) is 1. The molecule has 1 aromatic rings. The molecule has 1 saturated carbocycles. The molecule has 1 aliphatic carbocycles. The normalized spacial score (nSPS) is 25.5. The highest BCUT2D eigenvalue weighted by atomic mass is 16.5. The van der Waals surface area contributed by atoms with Gasteiger partial charge >= 0.3 is 6.03 Å². The number of nitrogens with zero attached hydrogens (tertiary/aromatic N) is 1. The fourth-order valence-electron chi connectivity index (χ4n) is 3.99. The number of carbonyl (C=O) groups is 2. The standard InChI is InChI=1S/C20H31N3O4/c1-15-6-2-3-9-18(15)21-20(25)22-19(24)14-23(12-16-7-4-10-26-16)13-17-8-5-11-27-17/h4,7,10,15,17-18H,2-3,5-6,8-9,11-14H2,1H3,(H2,21,22,24,25). The van der Waals surface area contributed by atoms with Gasteiger partial charge in [-0.15, -0.1) is 0 Å². The zero-order chi connectivity index (χ0) is 19.1. The summed E-state index contributed by atoms with van der Waals surface area (Å²) < 4.78 is 11.1. The summed E-state index contributed by atoms with van der Waals surface area (Å²) in [5, 5.41) is 5.44. The van der Waals surface area contributed by atoms with Crippen molar-refractivity contribution in [1.82, 2.24) is 15.5 Å². The zero-order valence-corrected chi connectivity index (χ0v) is 16.1. The third kappa shape index (κ3) is 6.36. The Morgan fingerprint density at radius 2 is 2.07 bits per heavy atom. The second kappa shape index (κ2) is 9.90. The first-order valence-electron chi connectivity index (χ1n) is 10.1. The average Bonchev–Trinajstić information content (AvgIpc) is 3.31. The summed E-state index contributed by atoms with van der Waals surface area (Å²) in [6.45, 7) is 4.22. The van der Waals surface area contributed by atoms with Crippen LogP contribution in [0.2, 0.25) is 0 Å². The zero-order valence-electron chi connectivity index (χ0n) is 16.1. The van der Waals surface area contributed by atoms with E-state index in [0.717, 1.165) is 44.5 Å². The van der Waals surface area contributed by atoms with Crippen molar-refractivity contribution in [3.63, 3.8) is 0 Å². The van der Waals surface area contributed by atoms with Gasteiger partial charge in [0, 0.05) is 19.2 Å². The first kappa shape index (κ1) is 19.9. The van der Waals surface area contributed by atoms with Crippen molar-refractivity contribution in [3.05, 3.63) is 24.2 Å². The van der Waals surface area contributed by atoms with E-state index in [9.17, 15) is 9.59 Å². The quantitative estimate of drug-likeness (QED) is 0.763. The van der Waals surface area contributed by atoms with E-state index in [0.29, 0.717) is 19.0 Å². The number of carbonyl (C=O) groups excluding carboxylic acids is 2. The second-order valence-corrected chi connectivity index (χ2v) is 7.77. The van der Waals surface area contributed by atoms with Crippen LogP contribution in [0.15, 0.2) is 22.8 Å². The predicted molar refractivity (Wildman–Crippen MR) is 101 cm³/mol. The van der Waals surface area contributed by atoms with E-state index >= 15 is 0 Å². The van der Waals surface area contributed by atoms with Gasteiger partial charge in [-0.05, 0) is 43.7 Å². The molecule has 0 spiro atoms. The van der Waals surface area contributed by atoms with Crippen LogP contribution in [0.4, 0.5) is 4.79 Å². The first-order chi connectivity index (χ1) is 13.1. The summed E-state index contributed by atoms with van der Waals surface area (Å²) in [5.74, 6) is 0.941. The molecule has 1 aliphatic heterocycles. The molecule has 3 unspecified atom stereocenters. The summed E-state index contributed by atoms with van der Waals surface area (Å²) in [5.41, 5.74) is 0. The molecule has 2 fully saturated rings. The number of nitrogens with one attached hydrogen (secondary N) is 2. The Morgan fingerprint density at radius 3 is 2.78 bits per heavy atom. The van der Waals surface area contributed by atoms with Gasteiger partial charge in [-0.2, -0.15) is 0 Å². The van der Waals surface area contributed by atoms with Crippen molar-refractivity contribution in [2.24, 2.45) is 5.92 Å². The van der Waals surface area contributed by atoms with Crippen molar-refractivity contribution < 1.29 is 18.7 Å². The smallest absolute Gasteiger partial charge is 0.321 e. The summed E-state index contributed by atoms with van der Waals surface area (Å²) in [6, 6.07) is 3.47. The fraction of sp³-hybridized carbons (Fsp3) is 0.700. The molecule has 7 heteroatoms. The van der Waals surface area contributed by atoms with E-state index in [2.05, 4.69) is 17.6 Å². The van der Waals surface area contributed by atoms with Gasteiger partial charge in [-0.3, -0.25) is 15.0 Å². The van der Waals surface area contributed by atoms with Gasteiger partial charge in [0.25, 0.3) is 0 Å². The first-order valence-corrected chi connectivity index (χ1v) is 10.1. The maximum absolute atomic E-state index is 12.4. The Morgan fingerprint density at radius 1 is 1.22 bits per heavy atom. The van der Waals surface area contributed by atoms with E-state index in [4.69, 9.17) is 9.15 Å². The highest BCUT2D eigenvalue weighted by Crippen LogP contribution is 2.23. The highest BCUT2D eigenvalue weighted by molar-refractivity contribution is 5.95. The molecule has 0 aromatic carbocycles. The lowest BCUT2D eigenvalue weighted by Gasteiger charge is -2.29. The summed E-state index contributed by atoms with van der Waals surface area (Å²) in [6.07, 6.45) is 8.24. The largest absolute Gasteiger partial charge is 0.468 e. The van der Waals surface area contributed by atoms with Gasteiger partial charge in [0.1, 0.15) is 5.76 Å². The lowest BCUT2D eigenvalue weighted by molar-refractivity contribution is -0.121. The Labute approximate surface area is 160 Å². The van der Waals surface area contributed by atoms with Crippen LogP contribution in [0.5, 0.6) is 0 Å². The van der Waals surface area contributed by atoms with Crippen molar-refractivity contribution in [3.8, 4) is 0 Å². The minimum Gasteiger partial charge on any atom is -0.468 e. The maximum atomic E-state index is 12.4. The molecular weight excluding hydrogens is 346 g/mol. The molecule has 27 heavy (non-hydrogen) atoms. The van der Waals surface area contributed by atoms with E-state index in [-0.39, 0.29) is 24.6 Å². The van der Waals surface area contributed by atoms with Gasteiger partial charge in [-0.1, -0.05) is 19.8 Å². The lowest BCUT2D eigenvalue weighted by atomic mass is 9.86. The van der Waals surface area contributed by atoms with Crippen LogP contribution in [-0.2, 0) is 16.1 Å². The van der Waals surface area contributed by atoms with Gasteiger partial charge in [-0.25, -0.2) is 4.79 Å². The SMILES string of the molecule is CC1CCCCC1NC(=O)NC(=O)CN(Cc1ccco1)CC1CCCO1. The van der Waals surface area contributed by atoms with Gasteiger partial charge < -0.3 is 14.5 Å². The number of amides is 3. The van der Waals surface area contributed by atoms with Crippen LogP contribution in [0.1, 0.15) is 51.2 Å². The number of hydrogen-bond donors (Lipinski definition) is 2. The Balaban J connectivity index is 1.49. The third-order valence-corrected chi connectivity index (χ3v) is 5.49. The molecule has 3 rings (SSSR count). The molecule has 7 nitrogen and oxygen atoms in total. The maximum Gasteiger partial charge on any atom is 0.321 e. The van der Waals surface area contributed by atoms with E-state index < -0.39 is 6.03 Å². The minimum atomic E-state index is -0.395. The molecule has 1 saturated heterocycles. The average molecular weight is 377 g/mol. The molecule has 0 bridgehead atoms. The van der Waals surface area contributed by atoms with E-state index in [1.54, 1.807) is 6.26 Å². The van der Waals surface area contributed by atoms with Crippen LogP contribution in [-0.4, -0.2) is 48.7 Å². The van der Waals surface area contributed by atoms with Gasteiger partial charge in [0.05, 0.1) is 25.5 Å². The van der Waals surface area contributed by atoms with E-state index in [1.165, 1.54) is 6.42 Å². The Hall–Kier alpha value is -1.86. The fourth-order valence-corrected chi connectivity index (χ4v) is 3.99. The molecule has 3 amide bonds. The molecule has 2 N–H and O–H groups in total. The van der Waals surface area contributed by atoms with Gasteiger partial charge in [0.15, 0.2) is 0 Å². The summed E-state index contributed by atoms with van der Waals surface area (Å²) in [4.78, 5) is 26.6. The molecular formula is C20H31N3O4. The molecule has 2 heterocycles. The highest BCUT2D eigenvalue weighted by Gasteiger charge is 2.25. The van der Waals surface area contributed by atoms with Crippen LogP contribution >= 0.6 is 0 Å². The van der Waals surface area contributed by atoms with Crippen molar-refractivity contribution in [1.29, 1.82) is 0 Å². The summed E-state index contributed by atoms with van der Waals surface area (Å²) >= 11 is 0. The minimum absolute atomic E-state index is 0.129. The van der Waals surface area contributed by atoms with Crippen molar-refractivity contribution >= 4 is 11.9 Å². The second-order valence-electron chi connectivity index (χ2n) is 7.77. The van der Waals surface area contributed by atoms with Gasteiger partial charge in [0.2, 0.25) is 5.91 Å². The van der Waals surface area contributed by atoms with Crippen molar-refractivity contribution in [2.45, 2.75) is 64.1 Å². The number of imide groups is 1. The topological polar surface area (TPSA) is 83.8 Å². The Kier molecular flexibility index (Phi) is 7.29. The Bertz CT molecular complexity index is 598. The van der Waals surface area contributed by atoms with E-state index in [1.807, 2.05) is 17.0 Å². The third-order valence-electron chi connectivity index (χ3n) is 5.49. The number of rotatable bonds is 7. The molecule has 0 radical (unpaired) electrons.